The quantitative estimate of drug-likeness (QED) is 0.318. The van der Waals surface area contributed by atoms with Crippen LogP contribution < -0.4 is 10.6 Å². The first kappa shape index (κ1) is 33.1. The molecule has 1 aliphatic heterocycles. The summed E-state index contributed by atoms with van der Waals surface area (Å²) in [5.74, 6) is -2.83. The molecule has 0 bridgehead atoms. The molecule has 2 rings (SSSR count). The molecular formula is C29H42ClN3O7. The molecule has 0 fully saturated rings. The van der Waals surface area contributed by atoms with Crippen LogP contribution in [0.4, 0.5) is 0 Å². The zero-order valence-corrected chi connectivity index (χ0v) is 25.0. The van der Waals surface area contributed by atoms with Crippen LogP contribution in [0.5, 0.6) is 5.75 Å². The maximum Gasteiger partial charge on any atom is 0.331 e. The Morgan fingerprint density at radius 2 is 1.75 bits per heavy atom. The smallest absolute Gasteiger partial charge is 0.331 e. The van der Waals surface area contributed by atoms with Crippen LogP contribution in [0.25, 0.3) is 0 Å². The number of phenolic OH excluding ortho intramolecular Hbond substituents is 1. The molecule has 0 aromatic heterocycles. The van der Waals surface area contributed by atoms with Gasteiger partial charge in [0.25, 0.3) is 0 Å². The fourth-order valence-electron chi connectivity index (χ4n) is 4.85. The van der Waals surface area contributed by atoms with Crippen LogP contribution in [-0.4, -0.2) is 76.2 Å². The van der Waals surface area contributed by atoms with Crippen LogP contribution >= 0.6 is 11.6 Å². The Bertz CT molecular complexity index is 1120. The second-order valence-electron chi connectivity index (χ2n) is 11.0. The maximum absolute atomic E-state index is 13.6. The van der Waals surface area contributed by atoms with Gasteiger partial charge in [-0.3, -0.25) is 14.4 Å². The summed E-state index contributed by atoms with van der Waals surface area (Å²) in [7, 11) is 1.42. The fourth-order valence-corrected chi connectivity index (χ4v) is 5.05. The van der Waals surface area contributed by atoms with Crippen LogP contribution in [-0.2, 0) is 30.3 Å². The number of phenols is 1. The van der Waals surface area contributed by atoms with Crippen molar-refractivity contribution in [3.63, 3.8) is 0 Å². The number of aliphatic hydroxyl groups is 1. The highest BCUT2D eigenvalue weighted by molar-refractivity contribution is 6.32. The molecule has 11 heteroatoms. The minimum absolute atomic E-state index is 0.0232. The van der Waals surface area contributed by atoms with Gasteiger partial charge in [-0.1, -0.05) is 43.2 Å². The van der Waals surface area contributed by atoms with E-state index in [-0.39, 0.29) is 29.0 Å². The second-order valence-corrected chi connectivity index (χ2v) is 11.4. The van der Waals surface area contributed by atoms with E-state index in [1.54, 1.807) is 19.9 Å². The van der Waals surface area contributed by atoms with E-state index in [9.17, 15) is 29.4 Å². The number of carbonyl (C=O) groups excluding carboxylic acids is 4. The van der Waals surface area contributed by atoms with Gasteiger partial charge in [-0.05, 0) is 64.2 Å². The molecule has 0 spiro atoms. The van der Waals surface area contributed by atoms with Gasteiger partial charge in [0.05, 0.1) is 17.2 Å². The number of nitrogens with zero attached hydrogens (tertiary/aromatic N) is 1. The predicted molar refractivity (Wildman–Crippen MR) is 151 cm³/mol. The second kappa shape index (κ2) is 14.5. The average Bonchev–Trinajstić information content (AvgIpc) is 2.85. The van der Waals surface area contributed by atoms with Crippen LogP contribution in [0, 0.1) is 11.8 Å². The van der Waals surface area contributed by atoms with Gasteiger partial charge in [-0.2, -0.15) is 0 Å². The van der Waals surface area contributed by atoms with E-state index in [2.05, 4.69) is 10.6 Å². The molecule has 1 aromatic carbocycles. The number of benzene rings is 1. The molecule has 0 saturated carbocycles. The van der Waals surface area contributed by atoms with Crippen molar-refractivity contribution >= 4 is 35.3 Å². The molecule has 0 unspecified atom stereocenters. The van der Waals surface area contributed by atoms with E-state index in [0.717, 1.165) is 5.57 Å². The Balaban J connectivity index is 2.48. The summed E-state index contributed by atoms with van der Waals surface area (Å²) >= 11 is 6.06. The predicted octanol–water partition coefficient (Wildman–Crippen LogP) is 2.73. The van der Waals surface area contributed by atoms with Gasteiger partial charge < -0.3 is 30.5 Å². The summed E-state index contributed by atoms with van der Waals surface area (Å²) in [6.07, 6.45) is 1.20. The molecular weight excluding hydrogens is 538 g/mol. The molecule has 0 radical (unpaired) electrons. The molecule has 222 valence electrons. The molecule has 1 aliphatic rings. The Morgan fingerprint density at radius 1 is 1.10 bits per heavy atom. The van der Waals surface area contributed by atoms with Gasteiger partial charge in [-0.25, -0.2) is 4.79 Å². The molecule has 0 saturated heterocycles. The van der Waals surface area contributed by atoms with Crippen molar-refractivity contribution in [1.82, 2.24) is 15.5 Å². The third-order valence-corrected chi connectivity index (χ3v) is 7.29. The van der Waals surface area contributed by atoms with Crippen molar-refractivity contribution in [3.05, 3.63) is 40.4 Å². The van der Waals surface area contributed by atoms with Gasteiger partial charge in [0.1, 0.15) is 17.8 Å². The molecule has 0 aliphatic carbocycles. The summed E-state index contributed by atoms with van der Waals surface area (Å²) in [5.41, 5.74) is 1.53. The number of hydrogen-bond acceptors (Lipinski definition) is 7. The lowest BCUT2D eigenvalue weighted by atomic mass is 9.95. The van der Waals surface area contributed by atoms with Crippen LogP contribution in [0.15, 0.2) is 29.8 Å². The highest BCUT2D eigenvalue weighted by atomic mass is 35.5. The lowest BCUT2D eigenvalue weighted by Gasteiger charge is -2.32. The number of carbonyl (C=O) groups is 4. The first-order valence-corrected chi connectivity index (χ1v) is 13.9. The lowest BCUT2D eigenvalue weighted by molar-refractivity contribution is -0.156. The molecule has 1 heterocycles. The summed E-state index contributed by atoms with van der Waals surface area (Å²) in [5, 5.41) is 25.5. The van der Waals surface area contributed by atoms with E-state index in [0.29, 0.717) is 18.4 Å². The Morgan fingerprint density at radius 3 is 2.35 bits per heavy atom. The number of amides is 3. The normalized spacial score (nSPS) is 30.2. The number of aliphatic hydroxyl groups excluding tert-OH is 1. The topological polar surface area (TPSA) is 145 Å². The highest BCUT2D eigenvalue weighted by Gasteiger charge is 2.35. The van der Waals surface area contributed by atoms with E-state index < -0.39 is 54.0 Å². The third-order valence-electron chi connectivity index (χ3n) is 6.99. The van der Waals surface area contributed by atoms with Crippen LogP contribution in [0.2, 0.25) is 5.02 Å². The molecule has 4 N–H and O–H groups in total. The average molecular weight is 580 g/mol. The maximum atomic E-state index is 13.6. The van der Waals surface area contributed by atoms with Gasteiger partial charge in [0, 0.05) is 19.4 Å². The van der Waals surface area contributed by atoms with E-state index in [1.807, 2.05) is 19.9 Å². The Hall–Kier alpha value is -3.11. The third kappa shape index (κ3) is 9.23. The zero-order valence-electron chi connectivity index (χ0n) is 24.2. The largest absolute Gasteiger partial charge is 0.506 e. The minimum Gasteiger partial charge on any atom is -0.506 e. The number of nitrogens with one attached hydrogen (secondary N) is 2. The number of rotatable bonds is 3. The number of likely N-dealkylation sites (N-methyl/N-ethyl adjacent to an activating group) is 1. The number of cyclic esters (lactones) is 1. The van der Waals surface area contributed by atoms with Crippen molar-refractivity contribution < 1.29 is 34.1 Å². The monoisotopic (exact) mass is 579 g/mol. The van der Waals surface area contributed by atoms with Gasteiger partial charge in [0.15, 0.2) is 6.04 Å². The van der Waals surface area contributed by atoms with Crippen molar-refractivity contribution in [3.8, 4) is 5.75 Å². The number of ether oxygens (including phenoxy) is 1. The lowest BCUT2D eigenvalue weighted by Crippen LogP contribution is -2.58. The van der Waals surface area contributed by atoms with Crippen molar-refractivity contribution in [1.29, 1.82) is 0 Å². The number of halogens is 1. The van der Waals surface area contributed by atoms with E-state index in [4.69, 9.17) is 16.3 Å². The fraction of sp³-hybridized carbons (Fsp3) is 0.586. The van der Waals surface area contributed by atoms with E-state index >= 15 is 0 Å². The first-order valence-electron chi connectivity index (χ1n) is 13.5. The summed E-state index contributed by atoms with van der Waals surface area (Å²) in [4.78, 5) is 54.1. The SMILES string of the molecule is C/C1=C\[C@H](C)C[C@H](C)OC(=O)[C@H]([C@@H](C)O)NC(=O)[C@@H](Cc2ccc(O)c(Cl)c2)N(C)C(=O)[C@H](C)NC(=O)[C@@H](C)C1. The summed E-state index contributed by atoms with van der Waals surface area (Å²) < 4.78 is 5.58. The van der Waals surface area contributed by atoms with E-state index in [1.165, 1.54) is 37.9 Å². The van der Waals surface area contributed by atoms with Crippen molar-refractivity contribution in [2.45, 2.75) is 91.1 Å². The summed E-state index contributed by atoms with van der Waals surface area (Å²) in [6, 6.07) is 0.926. The first-order chi connectivity index (χ1) is 18.6. The standard InChI is InChI=1S/C29H42ClN3O7/c1-15-10-16(2)12-18(4)40-29(39)25(20(6)34)32-27(37)23(14-21-8-9-24(35)22(30)13-21)33(7)28(38)19(5)31-26(36)17(3)11-15/h8-10,13,16-20,23,25,34-35H,11-12,14H2,1-7H3,(H,31,36)(H,32,37)/b15-10+/t16-,17-,18-,19-,20+,23+,25-/m0/s1. The highest BCUT2D eigenvalue weighted by Crippen LogP contribution is 2.25. The number of hydrogen-bond donors (Lipinski definition) is 4. The van der Waals surface area contributed by atoms with Gasteiger partial charge >= 0.3 is 5.97 Å². The number of esters is 1. The molecule has 3 amide bonds. The van der Waals surface area contributed by atoms with Crippen LogP contribution in [0.1, 0.15) is 59.9 Å². The summed E-state index contributed by atoms with van der Waals surface area (Å²) in [6.45, 7) is 10.3. The molecule has 10 nitrogen and oxygen atoms in total. The van der Waals surface area contributed by atoms with Gasteiger partial charge in [0.2, 0.25) is 17.7 Å². The number of aromatic hydroxyl groups is 1. The Kier molecular flexibility index (Phi) is 12.0. The minimum atomic E-state index is -1.38. The number of allylic oxidation sites excluding steroid dienone is 2. The van der Waals surface area contributed by atoms with Gasteiger partial charge in [-0.15, -0.1) is 0 Å². The Labute approximate surface area is 241 Å². The molecule has 1 aromatic rings. The van der Waals surface area contributed by atoms with Crippen molar-refractivity contribution in [2.75, 3.05) is 7.05 Å². The van der Waals surface area contributed by atoms with Crippen molar-refractivity contribution in [2.24, 2.45) is 11.8 Å². The zero-order chi connectivity index (χ0) is 30.3. The molecule has 7 atom stereocenters. The molecule has 40 heavy (non-hydrogen) atoms. The van der Waals surface area contributed by atoms with Crippen LogP contribution in [0.3, 0.4) is 0 Å².